The van der Waals surface area contributed by atoms with Crippen LogP contribution in [0.4, 0.5) is 17.1 Å². The molecule has 0 aliphatic carbocycles. The molecular formula is C21H23N5O8. The number of anilines is 2. The minimum absolute atomic E-state index is 0.0285. The van der Waals surface area contributed by atoms with Crippen LogP contribution in [0.2, 0.25) is 0 Å². The third-order valence-corrected chi connectivity index (χ3v) is 4.30. The van der Waals surface area contributed by atoms with E-state index in [4.69, 9.17) is 14.2 Å². The number of rotatable bonds is 9. The summed E-state index contributed by atoms with van der Waals surface area (Å²) in [5.74, 6) is -1.72. The Labute approximate surface area is 194 Å². The molecule has 3 N–H and O–H groups in total. The molecule has 0 fully saturated rings. The average Bonchev–Trinajstić information content (AvgIpc) is 2.82. The molecule has 2 rings (SSSR count). The lowest BCUT2D eigenvalue weighted by Gasteiger charge is -2.11. The van der Waals surface area contributed by atoms with Gasteiger partial charge in [-0.05, 0) is 31.2 Å². The smallest absolute Gasteiger partial charge is 0.329 e. The predicted octanol–water partition coefficient (Wildman–Crippen LogP) is 2.08. The van der Waals surface area contributed by atoms with Crippen molar-refractivity contribution in [1.82, 2.24) is 5.43 Å². The Balaban J connectivity index is 1.97. The highest BCUT2D eigenvalue weighted by Gasteiger charge is 2.19. The number of hydrogen-bond donors (Lipinski definition) is 3. The quantitative estimate of drug-likeness (QED) is 0.215. The summed E-state index contributed by atoms with van der Waals surface area (Å²) in [6.45, 7) is 1.44. The molecule has 0 aliphatic heterocycles. The number of nitrogens with zero attached hydrogens (tertiary/aromatic N) is 2. The Morgan fingerprint density at radius 3 is 2.18 bits per heavy atom. The molecule has 34 heavy (non-hydrogen) atoms. The van der Waals surface area contributed by atoms with Crippen molar-refractivity contribution in [3.63, 3.8) is 0 Å². The second-order valence-corrected chi connectivity index (χ2v) is 6.67. The standard InChI is InChI=1S/C21H23N5O8/c1-12(9-19(27)22-15-7-5-14(33-3)11-17(15)26(30)31)24-25-21(29)20(28)23-16-10-13(32-2)6-8-18(16)34-4/h5-8,10-11H,9H2,1-4H3,(H,22,27)(H,23,28)(H,25,29)/b24-12+. The molecular weight excluding hydrogens is 450 g/mol. The van der Waals surface area contributed by atoms with Gasteiger partial charge in [0.2, 0.25) is 5.91 Å². The van der Waals surface area contributed by atoms with Crippen molar-refractivity contribution in [3.05, 3.63) is 46.5 Å². The van der Waals surface area contributed by atoms with E-state index >= 15 is 0 Å². The van der Waals surface area contributed by atoms with Gasteiger partial charge in [0.1, 0.15) is 22.9 Å². The lowest BCUT2D eigenvalue weighted by atomic mass is 10.2. The summed E-state index contributed by atoms with van der Waals surface area (Å²) in [4.78, 5) is 47.0. The molecule has 3 amide bonds. The van der Waals surface area contributed by atoms with E-state index in [0.29, 0.717) is 11.5 Å². The second-order valence-electron chi connectivity index (χ2n) is 6.67. The molecule has 2 aromatic rings. The highest BCUT2D eigenvalue weighted by molar-refractivity contribution is 6.39. The fraction of sp³-hybridized carbons (Fsp3) is 0.238. The summed E-state index contributed by atoms with van der Waals surface area (Å²) < 4.78 is 15.1. The van der Waals surface area contributed by atoms with E-state index in [0.717, 1.165) is 0 Å². The SMILES string of the molecule is COc1ccc(OC)c(NC(=O)C(=O)N/N=C(\C)CC(=O)Nc2ccc(OC)cc2[N+](=O)[O-])c1. The molecule has 0 heterocycles. The number of nitro groups is 1. The number of amides is 3. The maximum atomic E-state index is 12.2. The van der Waals surface area contributed by atoms with E-state index in [1.807, 2.05) is 5.43 Å². The minimum atomic E-state index is -1.09. The van der Waals surface area contributed by atoms with Gasteiger partial charge in [-0.3, -0.25) is 24.5 Å². The topological polar surface area (TPSA) is 170 Å². The van der Waals surface area contributed by atoms with Gasteiger partial charge in [0.15, 0.2) is 0 Å². The van der Waals surface area contributed by atoms with Crippen molar-refractivity contribution in [3.8, 4) is 17.2 Å². The van der Waals surface area contributed by atoms with E-state index in [-0.39, 0.29) is 34.9 Å². The van der Waals surface area contributed by atoms with E-state index in [9.17, 15) is 24.5 Å². The van der Waals surface area contributed by atoms with Crippen LogP contribution in [-0.2, 0) is 14.4 Å². The van der Waals surface area contributed by atoms with Crippen LogP contribution < -0.4 is 30.3 Å². The van der Waals surface area contributed by atoms with Crippen molar-refractivity contribution < 1.29 is 33.5 Å². The van der Waals surface area contributed by atoms with Crippen molar-refractivity contribution in [2.75, 3.05) is 32.0 Å². The number of methoxy groups -OCH3 is 3. The van der Waals surface area contributed by atoms with Crippen LogP contribution in [0.3, 0.4) is 0 Å². The van der Waals surface area contributed by atoms with Crippen LogP contribution in [0.5, 0.6) is 17.2 Å². The first-order chi connectivity index (χ1) is 16.2. The molecule has 180 valence electrons. The first kappa shape index (κ1) is 25.6. The third-order valence-electron chi connectivity index (χ3n) is 4.30. The van der Waals surface area contributed by atoms with Gasteiger partial charge >= 0.3 is 11.8 Å². The van der Waals surface area contributed by atoms with Crippen molar-refractivity contribution in [1.29, 1.82) is 0 Å². The zero-order valence-electron chi connectivity index (χ0n) is 18.8. The summed E-state index contributed by atoms with van der Waals surface area (Å²) in [5, 5.41) is 19.7. The van der Waals surface area contributed by atoms with Gasteiger partial charge in [-0.25, -0.2) is 5.43 Å². The zero-order chi connectivity index (χ0) is 25.3. The molecule has 0 radical (unpaired) electrons. The predicted molar refractivity (Wildman–Crippen MR) is 122 cm³/mol. The molecule has 13 nitrogen and oxygen atoms in total. The van der Waals surface area contributed by atoms with E-state index in [1.165, 1.54) is 52.5 Å². The van der Waals surface area contributed by atoms with Gasteiger partial charge in [-0.1, -0.05) is 0 Å². The Morgan fingerprint density at radius 1 is 0.912 bits per heavy atom. The molecule has 13 heteroatoms. The van der Waals surface area contributed by atoms with Gasteiger partial charge in [0.05, 0.1) is 44.4 Å². The molecule has 0 unspecified atom stereocenters. The second kappa shape index (κ2) is 11.8. The Morgan fingerprint density at radius 2 is 1.56 bits per heavy atom. The number of carbonyl (C=O) groups is 3. The Kier molecular flexibility index (Phi) is 8.88. The maximum Gasteiger partial charge on any atom is 0.329 e. The first-order valence-corrected chi connectivity index (χ1v) is 9.67. The normalized spacial score (nSPS) is 10.6. The lowest BCUT2D eigenvalue weighted by molar-refractivity contribution is -0.384. The van der Waals surface area contributed by atoms with Crippen molar-refractivity contribution >= 4 is 40.5 Å². The van der Waals surface area contributed by atoms with Crippen LogP contribution in [0, 0.1) is 10.1 Å². The first-order valence-electron chi connectivity index (χ1n) is 9.67. The van der Waals surface area contributed by atoms with Crippen LogP contribution >= 0.6 is 0 Å². The Hall–Kier alpha value is -4.68. The van der Waals surface area contributed by atoms with Crippen molar-refractivity contribution in [2.45, 2.75) is 13.3 Å². The van der Waals surface area contributed by atoms with Gasteiger partial charge < -0.3 is 24.8 Å². The molecule has 0 aliphatic rings. The summed E-state index contributed by atoms with van der Waals surface area (Å²) >= 11 is 0. The van der Waals surface area contributed by atoms with Gasteiger partial charge in [0, 0.05) is 11.8 Å². The van der Waals surface area contributed by atoms with E-state index in [1.54, 1.807) is 12.1 Å². The van der Waals surface area contributed by atoms with Crippen LogP contribution in [0.1, 0.15) is 13.3 Å². The Bertz CT molecular complexity index is 1130. The van der Waals surface area contributed by atoms with Gasteiger partial charge in [0.25, 0.3) is 5.69 Å². The maximum absolute atomic E-state index is 12.2. The molecule has 2 aromatic carbocycles. The fourth-order valence-corrected chi connectivity index (χ4v) is 2.65. The summed E-state index contributed by atoms with van der Waals surface area (Å²) in [7, 11) is 4.20. The van der Waals surface area contributed by atoms with E-state index in [2.05, 4.69) is 15.7 Å². The van der Waals surface area contributed by atoms with Crippen LogP contribution in [0.25, 0.3) is 0 Å². The highest BCUT2D eigenvalue weighted by Crippen LogP contribution is 2.29. The lowest BCUT2D eigenvalue weighted by Crippen LogP contribution is -2.33. The number of hydrazone groups is 1. The average molecular weight is 473 g/mol. The monoisotopic (exact) mass is 473 g/mol. The molecule has 0 atom stereocenters. The minimum Gasteiger partial charge on any atom is -0.497 e. The van der Waals surface area contributed by atoms with Crippen LogP contribution in [0.15, 0.2) is 41.5 Å². The number of hydrogen-bond acceptors (Lipinski definition) is 9. The highest BCUT2D eigenvalue weighted by atomic mass is 16.6. The molecule has 0 spiro atoms. The number of carbonyl (C=O) groups excluding carboxylic acids is 3. The molecule has 0 saturated heterocycles. The number of nitro benzene ring substituents is 1. The van der Waals surface area contributed by atoms with Gasteiger partial charge in [-0.2, -0.15) is 5.10 Å². The number of ether oxygens (including phenoxy) is 3. The number of benzene rings is 2. The zero-order valence-corrected chi connectivity index (χ0v) is 18.8. The largest absolute Gasteiger partial charge is 0.497 e. The number of nitrogens with one attached hydrogen (secondary N) is 3. The summed E-state index contributed by atoms with van der Waals surface area (Å²) in [6, 6.07) is 8.61. The van der Waals surface area contributed by atoms with Crippen molar-refractivity contribution in [2.24, 2.45) is 5.10 Å². The summed E-state index contributed by atoms with van der Waals surface area (Å²) in [5.41, 5.74) is 2.03. The summed E-state index contributed by atoms with van der Waals surface area (Å²) in [6.07, 6.45) is -0.297. The van der Waals surface area contributed by atoms with Crippen LogP contribution in [-0.4, -0.2) is 49.7 Å². The molecule has 0 saturated carbocycles. The van der Waals surface area contributed by atoms with Gasteiger partial charge in [-0.15, -0.1) is 0 Å². The molecule has 0 bridgehead atoms. The molecule has 0 aromatic heterocycles. The fourth-order valence-electron chi connectivity index (χ4n) is 2.65. The van der Waals surface area contributed by atoms with E-state index < -0.39 is 22.6 Å². The third kappa shape index (κ3) is 6.91.